The number of ether oxygens (including phenoxy) is 2. The van der Waals surface area contributed by atoms with Gasteiger partial charge in [-0.2, -0.15) is 0 Å². The number of carbonyl (C=O) groups is 2. The number of carbonyl (C=O) groups excluding carboxylic acids is 2. The second-order valence-corrected chi connectivity index (χ2v) is 6.55. The van der Waals surface area contributed by atoms with Crippen molar-refractivity contribution in [1.29, 1.82) is 0 Å². The van der Waals surface area contributed by atoms with E-state index in [1.807, 2.05) is 0 Å². The molecule has 0 saturated carbocycles. The molecule has 0 spiro atoms. The summed E-state index contributed by atoms with van der Waals surface area (Å²) < 4.78 is 10.4. The Morgan fingerprint density at radius 1 is 0.885 bits per heavy atom. The minimum Gasteiger partial charge on any atom is -0.493 e. The van der Waals surface area contributed by atoms with Crippen LogP contribution in [0.5, 0.6) is 11.5 Å². The average Bonchev–Trinajstić information content (AvgIpc) is 2.61. The van der Waals surface area contributed by atoms with Crippen molar-refractivity contribution in [3.8, 4) is 11.5 Å². The van der Waals surface area contributed by atoms with E-state index in [-0.39, 0.29) is 0 Å². The molecular formula is C19H21ClN2O4. The lowest BCUT2D eigenvalue weighted by atomic mass is 9.90. The molecule has 0 bridgehead atoms. The zero-order chi connectivity index (χ0) is 19.3. The lowest BCUT2D eigenvalue weighted by molar-refractivity contribution is -0.135. The van der Waals surface area contributed by atoms with E-state index in [0.29, 0.717) is 27.9 Å². The Hall–Kier alpha value is -2.73. The molecule has 0 aliphatic rings. The minimum absolute atomic E-state index is 0.447. The number of amides is 2. The van der Waals surface area contributed by atoms with Gasteiger partial charge in [-0.1, -0.05) is 17.7 Å². The zero-order valence-corrected chi connectivity index (χ0v) is 15.8. The van der Waals surface area contributed by atoms with E-state index >= 15 is 0 Å². The Labute approximate surface area is 157 Å². The van der Waals surface area contributed by atoms with Crippen molar-refractivity contribution < 1.29 is 19.1 Å². The number of halogens is 1. The van der Waals surface area contributed by atoms with Gasteiger partial charge in [-0.05, 0) is 44.2 Å². The normalized spacial score (nSPS) is 10.8. The molecule has 26 heavy (non-hydrogen) atoms. The first-order valence-corrected chi connectivity index (χ1v) is 8.26. The summed E-state index contributed by atoms with van der Waals surface area (Å²) in [4.78, 5) is 25.2. The van der Waals surface area contributed by atoms with Crippen LogP contribution in [0.4, 0.5) is 11.4 Å². The minimum atomic E-state index is -1.31. The molecule has 2 rings (SSSR count). The SMILES string of the molecule is COc1ccc(NC(=O)C(C)(C)C(=O)Nc2cccc(Cl)c2)cc1OC. The van der Waals surface area contributed by atoms with Gasteiger partial charge in [0.1, 0.15) is 5.41 Å². The Morgan fingerprint density at radius 2 is 1.46 bits per heavy atom. The Balaban J connectivity index is 2.12. The van der Waals surface area contributed by atoms with Gasteiger partial charge in [0.2, 0.25) is 11.8 Å². The molecule has 2 aromatic carbocycles. The van der Waals surface area contributed by atoms with E-state index in [2.05, 4.69) is 10.6 Å². The number of nitrogens with one attached hydrogen (secondary N) is 2. The molecule has 0 fully saturated rings. The number of hydrogen-bond acceptors (Lipinski definition) is 4. The third kappa shape index (κ3) is 4.46. The van der Waals surface area contributed by atoms with Crippen LogP contribution in [0.25, 0.3) is 0 Å². The maximum absolute atomic E-state index is 12.6. The lowest BCUT2D eigenvalue weighted by Crippen LogP contribution is -2.41. The molecule has 138 valence electrons. The molecule has 0 unspecified atom stereocenters. The monoisotopic (exact) mass is 376 g/mol. The van der Waals surface area contributed by atoms with Crippen molar-refractivity contribution in [3.63, 3.8) is 0 Å². The van der Waals surface area contributed by atoms with E-state index in [0.717, 1.165) is 0 Å². The molecule has 0 saturated heterocycles. The molecule has 0 aliphatic carbocycles. The summed E-state index contributed by atoms with van der Waals surface area (Å²) in [5, 5.41) is 5.92. The highest BCUT2D eigenvalue weighted by molar-refractivity contribution is 6.31. The van der Waals surface area contributed by atoms with Crippen LogP contribution in [0.3, 0.4) is 0 Å². The second kappa shape index (κ2) is 8.10. The van der Waals surface area contributed by atoms with E-state index in [4.69, 9.17) is 21.1 Å². The van der Waals surface area contributed by atoms with Gasteiger partial charge in [0.05, 0.1) is 14.2 Å². The molecule has 2 aromatic rings. The van der Waals surface area contributed by atoms with Crippen LogP contribution in [0, 0.1) is 5.41 Å². The number of methoxy groups -OCH3 is 2. The highest BCUT2D eigenvalue weighted by Crippen LogP contribution is 2.31. The van der Waals surface area contributed by atoms with Crippen molar-refractivity contribution in [1.82, 2.24) is 0 Å². The van der Waals surface area contributed by atoms with Crippen LogP contribution in [0.2, 0.25) is 5.02 Å². The second-order valence-electron chi connectivity index (χ2n) is 6.11. The maximum atomic E-state index is 12.6. The molecule has 0 heterocycles. The summed E-state index contributed by atoms with van der Waals surface area (Å²) in [6.07, 6.45) is 0. The fourth-order valence-corrected chi connectivity index (χ4v) is 2.35. The highest BCUT2D eigenvalue weighted by atomic mass is 35.5. The third-order valence-corrected chi connectivity index (χ3v) is 4.09. The van der Waals surface area contributed by atoms with Crippen LogP contribution in [0.15, 0.2) is 42.5 Å². The summed E-state index contributed by atoms with van der Waals surface area (Å²) in [5.41, 5.74) is -0.291. The zero-order valence-electron chi connectivity index (χ0n) is 15.1. The van der Waals surface area contributed by atoms with Crippen LogP contribution >= 0.6 is 11.6 Å². The molecule has 0 aliphatic heterocycles. The number of hydrogen-bond donors (Lipinski definition) is 2. The average molecular weight is 377 g/mol. The van der Waals surface area contributed by atoms with Crippen LogP contribution < -0.4 is 20.1 Å². The quantitative estimate of drug-likeness (QED) is 0.748. The Bertz CT molecular complexity index is 821. The summed E-state index contributed by atoms with van der Waals surface area (Å²) in [5.74, 6) is 0.122. The first kappa shape index (κ1) is 19.6. The van der Waals surface area contributed by atoms with Crippen LogP contribution in [0.1, 0.15) is 13.8 Å². The van der Waals surface area contributed by atoms with Crippen molar-refractivity contribution in [2.45, 2.75) is 13.8 Å². The van der Waals surface area contributed by atoms with Gasteiger partial charge in [0, 0.05) is 22.5 Å². The van der Waals surface area contributed by atoms with Crippen molar-refractivity contribution in [3.05, 3.63) is 47.5 Å². The highest BCUT2D eigenvalue weighted by Gasteiger charge is 2.36. The third-order valence-electron chi connectivity index (χ3n) is 3.86. The standard InChI is InChI=1S/C19H21ClN2O4/c1-19(2,17(23)21-13-7-5-6-12(20)10-13)18(24)22-14-8-9-15(25-3)16(11-14)26-4/h5-11H,1-4H3,(H,21,23)(H,22,24). The first-order valence-electron chi connectivity index (χ1n) is 7.88. The van der Waals surface area contributed by atoms with Gasteiger partial charge < -0.3 is 20.1 Å². The molecule has 0 radical (unpaired) electrons. The molecule has 6 nitrogen and oxygen atoms in total. The van der Waals surface area contributed by atoms with Gasteiger partial charge in [0.15, 0.2) is 11.5 Å². The summed E-state index contributed by atoms with van der Waals surface area (Å²) in [6.45, 7) is 3.09. The number of rotatable bonds is 6. The summed E-state index contributed by atoms with van der Waals surface area (Å²) in [7, 11) is 3.03. The Kier molecular flexibility index (Phi) is 6.10. The largest absolute Gasteiger partial charge is 0.493 e. The molecule has 0 aromatic heterocycles. The molecule has 0 atom stereocenters. The van der Waals surface area contributed by atoms with Gasteiger partial charge in [-0.25, -0.2) is 0 Å². The topological polar surface area (TPSA) is 76.7 Å². The van der Waals surface area contributed by atoms with E-state index in [1.54, 1.807) is 56.3 Å². The Morgan fingerprint density at radius 3 is 2.00 bits per heavy atom. The van der Waals surface area contributed by atoms with Crippen molar-refractivity contribution in [2.75, 3.05) is 24.9 Å². The first-order chi connectivity index (χ1) is 12.3. The lowest BCUT2D eigenvalue weighted by Gasteiger charge is -2.23. The number of anilines is 2. The molecular weight excluding hydrogens is 356 g/mol. The predicted molar refractivity (Wildman–Crippen MR) is 102 cm³/mol. The van der Waals surface area contributed by atoms with Crippen molar-refractivity contribution in [2.24, 2.45) is 5.41 Å². The fourth-order valence-electron chi connectivity index (χ4n) is 2.16. The summed E-state index contributed by atoms with van der Waals surface area (Å²) >= 11 is 5.91. The fraction of sp³-hybridized carbons (Fsp3) is 0.263. The smallest absolute Gasteiger partial charge is 0.239 e. The van der Waals surface area contributed by atoms with E-state index in [9.17, 15) is 9.59 Å². The van der Waals surface area contributed by atoms with Gasteiger partial charge in [0.25, 0.3) is 0 Å². The van der Waals surface area contributed by atoms with Crippen molar-refractivity contribution >= 4 is 34.8 Å². The maximum Gasteiger partial charge on any atom is 0.239 e. The predicted octanol–water partition coefficient (Wildman–Crippen LogP) is 3.96. The van der Waals surface area contributed by atoms with E-state index < -0.39 is 17.2 Å². The van der Waals surface area contributed by atoms with E-state index in [1.165, 1.54) is 14.2 Å². The summed E-state index contributed by atoms with van der Waals surface area (Å²) in [6, 6.07) is 11.7. The molecule has 7 heteroatoms. The molecule has 2 amide bonds. The van der Waals surface area contributed by atoms with Gasteiger partial charge in [-0.3, -0.25) is 9.59 Å². The van der Waals surface area contributed by atoms with Gasteiger partial charge >= 0.3 is 0 Å². The number of benzene rings is 2. The molecule has 2 N–H and O–H groups in total. The van der Waals surface area contributed by atoms with Crippen LogP contribution in [-0.4, -0.2) is 26.0 Å². The van der Waals surface area contributed by atoms with Crippen LogP contribution in [-0.2, 0) is 9.59 Å². The van der Waals surface area contributed by atoms with Gasteiger partial charge in [-0.15, -0.1) is 0 Å².